The second-order valence-electron chi connectivity index (χ2n) is 8.92. The molecular weight excluding hydrogens is 284 g/mol. The summed E-state index contributed by atoms with van der Waals surface area (Å²) in [6.45, 7) is 8.69. The van der Waals surface area contributed by atoms with E-state index in [9.17, 15) is 0 Å². The van der Waals surface area contributed by atoms with Crippen LogP contribution in [-0.2, 0) is 9.47 Å². The molecule has 2 heteroatoms. The molecule has 3 aliphatic carbocycles. The van der Waals surface area contributed by atoms with Crippen molar-refractivity contribution in [3.8, 4) is 12.3 Å². The molecule has 0 aromatic heterocycles. The molecular formula is C21H30O2. The first-order valence-corrected chi connectivity index (χ1v) is 9.37. The Hall–Kier alpha value is -0.780. The highest BCUT2D eigenvalue weighted by molar-refractivity contribution is 5.38. The van der Waals surface area contributed by atoms with E-state index in [0.717, 1.165) is 32.5 Å². The highest BCUT2D eigenvalue weighted by Crippen LogP contribution is 2.68. The molecule has 126 valence electrons. The Morgan fingerprint density at radius 1 is 1.09 bits per heavy atom. The third kappa shape index (κ3) is 1.84. The van der Waals surface area contributed by atoms with Gasteiger partial charge in [-0.1, -0.05) is 32.8 Å². The zero-order valence-electron chi connectivity index (χ0n) is 14.9. The summed E-state index contributed by atoms with van der Waals surface area (Å²) >= 11 is 0. The van der Waals surface area contributed by atoms with E-state index in [-0.39, 0.29) is 22.0 Å². The lowest BCUT2D eigenvalue weighted by Crippen LogP contribution is -2.61. The summed E-state index contributed by atoms with van der Waals surface area (Å²) in [6.07, 6.45) is 16.6. The SMILES string of the molecule is C#C[C@]12CCCC=C1[C@@]1(C)CCC3(OCCO3)C(C)(C)[C@@H]1CC2. The van der Waals surface area contributed by atoms with Crippen molar-refractivity contribution in [3.63, 3.8) is 0 Å². The van der Waals surface area contributed by atoms with E-state index < -0.39 is 0 Å². The fourth-order valence-corrected chi connectivity index (χ4v) is 6.59. The van der Waals surface area contributed by atoms with Gasteiger partial charge in [0, 0.05) is 11.8 Å². The number of allylic oxidation sites excluding steroid dienone is 2. The van der Waals surface area contributed by atoms with Crippen molar-refractivity contribution in [2.75, 3.05) is 13.2 Å². The van der Waals surface area contributed by atoms with Crippen LogP contribution in [0, 0.1) is 34.5 Å². The molecule has 0 radical (unpaired) electrons. The predicted molar refractivity (Wildman–Crippen MR) is 91.7 cm³/mol. The number of hydrogen-bond acceptors (Lipinski definition) is 2. The van der Waals surface area contributed by atoms with Crippen LogP contribution >= 0.6 is 0 Å². The van der Waals surface area contributed by atoms with Gasteiger partial charge in [0.05, 0.1) is 18.6 Å². The van der Waals surface area contributed by atoms with Crippen LogP contribution in [0.2, 0.25) is 0 Å². The normalized spacial score (nSPS) is 44.1. The summed E-state index contributed by atoms with van der Waals surface area (Å²) < 4.78 is 12.4. The topological polar surface area (TPSA) is 18.5 Å². The Labute approximate surface area is 141 Å². The number of hydrogen-bond donors (Lipinski definition) is 0. The number of ether oxygens (including phenoxy) is 2. The van der Waals surface area contributed by atoms with E-state index in [1.54, 1.807) is 5.57 Å². The van der Waals surface area contributed by atoms with E-state index in [0.29, 0.717) is 5.92 Å². The lowest BCUT2D eigenvalue weighted by atomic mass is 9.43. The predicted octanol–water partition coefficient (Wildman–Crippen LogP) is 4.70. The Kier molecular flexibility index (Phi) is 3.33. The Morgan fingerprint density at radius 3 is 2.52 bits per heavy atom. The van der Waals surface area contributed by atoms with Crippen LogP contribution in [0.4, 0.5) is 0 Å². The summed E-state index contributed by atoms with van der Waals surface area (Å²) in [4.78, 5) is 0. The molecule has 0 aromatic rings. The zero-order valence-corrected chi connectivity index (χ0v) is 14.9. The Morgan fingerprint density at radius 2 is 1.83 bits per heavy atom. The average Bonchev–Trinajstić information content (AvgIpc) is 3.03. The van der Waals surface area contributed by atoms with Gasteiger partial charge in [0.25, 0.3) is 0 Å². The molecule has 1 saturated heterocycles. The van der Waals surface area contributed by atoms with Crippen molar-refractivity contribution in [1.82, 2.24) is 0 Å². The average molecular weight is 314 g/mol. The van der Waals surface area contributed by atoms with Crippen LogP contribution in [0.25, 0.3) is 0 Å². The van der Waals surface area contributed by atoms with Crippen molar-refractivity contribution in [1.29, 1.82) is 0 Å². The van der Waals surface area contributed by atoms with Gasteiger partial charge in [0.1, 0.15) is 0 Å². The van der Waals surface area contributed by atoms with Crippen LogP contribution in [0.1, 0.15) is 65.7 Å². The molecule has 0 aromatic carbocycles. The van der Waals surface area contributed by atoms with Crippen LogP contribution in [0.3, 0.4) is 0 Å². The van der Waals surface area contributed by atoms with Crippen molar-refractivity contribution in [2.45, 2.75) is 71.5 Å². The maximum Gasteiger partial charge on any atom is 0.173 e. The highest BCUT2D eigenvalue weighted by Gasteiger charge is 2.65. The third-order valence-electron chi connectivity index (χ3n) is 7.77. The third-order valence-corrected chi connectivity index (χ3v) is 7.77. The zero-order chi connectivity index (χ0) is 16.3. The fourth-order valence-electron chi connectivity index (χ4n) is 6.59. The van der Waals surface area contributed by atoms with Crippen molar-refractivity contribution in [3.05, 3.63) is 11.6 Å². The number of rotatable bonds is 0. The van der Waals surface area contributed by atoms with Crippen molar-refractivity contribution in [2.24, 2.45) is 22.2 Å². The number of fused-ring (bicyclic) bond motifs is 3. The molecule has 3 fully saturated rings. The molecule has 0 unspecified atom stereocenters. The van der Waals surface area contributed by atoms with E-state index in [4.69, 9.17) is 15.9 Å². The molecule has 1 aliphatic heterocycles. The molecule has 3 atom stereocenters. The summed E-state index contributed by atoms with van der Waals surface area (Å²) in [6, 6.07) is 0. The van der Waals surface area contributed by atoms with Crippen LogP contribution < -0.4 is 0 Å². The lowest BCUT2D eigenvalue weighted by Gasteiger charge is -2.64. The van der Waals surface area contributed by atoms with E-state index >= 15 is 0 Å². The lowest BCUT2D eigenvalue weighted by molar-refractivity contribution is -0.284. The minimum atomic E-state index is -0.372. The molecule has 1 spiro atoms. The van der Waals surface area contributed by atoms with E-state index in [2.05, 4.69) is 32.8 Å². The van der Waals surface area contributed by atoms with Gasteiger partial charge in [-0.25, -0.2) is 0 Å². The Balaban J connectivity index is 1.78. The summed E-state index contributed by atoms with van der Waals surface area (Å²) in [5.41, 5.74) is 1.84. The monoisotopic (exact) mass is 314 g/mol. The molecule has 4 aliphatic rings. The first kappa shape index (κ1) is 15.7. The first-order chi connectivity index (χ1) is 10.9. The van der Waals surface area contributed by atoms with Gasteiger partial charge in [0.2, 0.25) is 0 Å². The maximum absolute atomic E-state index is 6.20. The van der Waals surface area contributed by atoms with Gasteiger partial charge in [-0.05, 0) is 55.4 Å². The molecule has 23 heavy (non-hydrogen) atoms. The second kappa shape index (κ2) is 4.87. The second-order valence-corrected chi connectivity index (χ2v) is 8.92. The quantitative estimate of drug-likeness (QED) is 0.477. The van der Waals surface area contributed by atoms with E-state index in [1.807, 2.05) is 0 Å². The Bertz CT molecular complexity index is 575. The largest absolute Gasteiger partial charge is 0.347 e. The molecule has 4 rings (SSSR count). The molecule has 2 nitrogen and oxygen atoms in total. The molecule has 1 heterocycles. The first-order valence-electron chi connectivity index (χ1n) is 9.37. The smallest absolute Gasteiger partial charge is 0.173 e. The van der Waals surface area contributed by atoms with Gasteiger partial charge in [-0.3, -0.25) is 0 Å². The minimum Gasteiger partial charge on any atom is -0.347 e. The van der Waals surface area contributed by atoms with Crippen molar-refractivity contribution >= 4 is 0 Å². The summed E-state index contributed by atoms with van der Waals surface area (Å²) in [5, 5.41) is 0. The number of terminal acetylenes is 1. The van der Waals surface area contributed by atoms with Crippen molar-refractivity contribution < 1.29 is 9.47 Å². The fraction of sp³-hybridized carbons (Fsp3) is 0.810. The molecule has 2 saturated carbocycles. The maximum atomic E-state index is 6.20. The summed E-state index contributed by atoms with van der Waals surface area (Å²) in [5.74, 6) is 3.44. The van der Waals surface area contributed by atoms with Gasteiger partial charge < -0.3 is 9.47 Å². The highest BCUT2D eigenvalue weighted by atomic mass is 16.7. The van der Waals surface area contributed by atoms with Crippen LogP contribution in [0.15, 0.2) is 11.6 Å². The van der Waals surface area contributed by atoms with Gasteiger partial charge >= 0.3 is 0 Å². The van der Waals surface area contributed by atoms with Gasteiger partial charge in [0.15, 0.2) is 5.79 Å². The van der Waals surface area contributed by atoms with Gasteiger partial charge in [-0.15, -0.1) is 6.42 Å². The van der Waals surface area contributed by atoms with Gasteiger partial charge in [-0.2, -0.15) is 0 Å². The summed E-state index contributed by atoms with van der Waals surface area (Å²) in [7, 11) is 0. The van der Waals surface area contributed by atoms with Crippen LogP contribution in [-0.4, -0.2) is 19.0 Å². The molecule has 0 amide bonds. The van der Waals surface area contributed by atoms with Crippen LogP contribution in [0.5, 0.6) is 0 Å². The molecule has 0 bridgehead atoms. The standard InChI is InChI=1S/C21H30O2/c1-5-20-10-7-6-8-17(20)19(4)12-13-21(22-14-15-23-21)18(2,3)16(19)9-11-20/h1,8,16H,6-7,9-15H2,2-4H3/t16-,19-,20+/m0/s1. The molecule has 0 N–H and O–H groups in total. The van der Waals surface area contributed by atoms with E-state index in [1.165, 1.54) is 25.7 Å². The minimum absolute atomic E-state index is 0.0234.